The Morgan fingerprint density at radius 3 is 2.84 bits per heavy atom. The molecule has 100 valence electrons. The molecular formula is C14H17N3O2. The van der Waals surface area contributed by atoms with E-state index in [-0.39, 0.29) is 17.5 Å². The zero-order valence-electron chi connectivity index (χ0n) is 10.8. The maximum Gasteiger partial charge on any atom is 0.252 e. The summed E-state index contributed by atoms with van der Waals surface area (Å²) >= 11 is 0. The summed E-state index contributed by atoms with van der Waals surface area (Å²) < 4.78 is 0. The Balaban J connectivity index is 2.44. The largest absolute Gasteiger partial charge is 0.348 e. The topological polar surface area (TPSA) is 88.0 Å². The third-order valence-electron chi connectivity index (χ3n) is 3.11. The van der Waals surface area contributed by atoms with E-state index in [0.717, 1.165) is 11.8 Å². The van der Waals surface area contributed by atoms with Crippen molar-refractivity contribution in [2.24, 2.45) is 5.73 Å². The Labute approximate surface area is 110 Å². The van der Waals surface area contributed by atoms with Crippen molar-refractivity contribution in [1.29, 1.82) is 0 Å². The number of carbonyl (C=O) groups excluding carboxylic acids is 1. The summed E-state index contributed by atoms with van der Waals surface area (Å²) in [6.07, 6.45) is 0.753. The van der Waals surface area contributed by atoms with E-state index in [4.69, 9.17) is 5.73 Å². The number of carbonyl (C=O) groups is 1. The Morgan fingerprint density at radius 1 is 1.42 bits per heavy atom. The lowest BCUT2D eigenvalue weighted by molar-refractivity contribution is 0.0938. The Hall–Kier alpha value is -2.14. The fourth-order valence-electron chi connectivity index (χ4n) is 1.98. The summed E-state index contributed by atoms with van der Waals surface area (Å²) in [5, 5.41) is 3.56. The minimum atomic E-state index is -0.287. The van der Waals surface area contributed by atoms with E-state index in [1.165, 1.54) is 6.07 Å². The van der Waals surface area contributed by atoms with Crippen molar-refractivity contribution >= 4 is 16.8 Å². The Morgan fingerprint density at radius 2 is 2.16 bits per heavy atom. The molecule has 0 fully saturated rings. The molecule has 5 heteroatoms. The molecule has 0 saturated heterocycles. The predicted octanol–water partition coefficient (Wildman–Crippen LogP) is 0.995. The van der Waals surface area contributed by atoms with E-state index < -0.39 is 0 Å². The number of aromatic amines is 1. The monoisotopic (exact) mass is 259 g/mol. The molecule has 2 aromatic rings. The van der Waals surface area contributed by atoms with Gasteiger partial charge in [0.15, 0.2) is 0 Å². The first-order valence-corrected chi connectivity index (χ1v) is 6.28. The van der Waals surface area contributed by atoms with Gasteiger partial charge in [0.25, 0.3) is 5.91 Å². The number of para-hydroxylation sites is 1. The van der Waals surface area contributed by atoms with E-state index in [1.807, 2.05) is 25.1 Å². The number of nitrogens with one attached hydrogen (secondary N) is 2. The van der Waals surface area contributed by atoms with Gasteiger partial charge >= 0.3 is 0 Å². The predicted molar refractivity (Wildman–Crippen MR) is 75.2 cm³/mol. The summed E-state index contributed by atoms with van der Waals surface area (Å²) in [5.74, 6) is -0.264. The number of benzene rings is 1. The second kappa shape index (κ2) is 5.67. The number of rotatable bonds is 4. The molecule has 5 nitrogen and oxygen atoms in total. The first kappa shape index (κ1) is 13.3. The number of H-pyrrole nitrogens is 1. The van der Waals surface area contributed by atoms with Crippen LogP contribution in [0.4, 0.5) is 0 Å². The molecule has 2 rings (SSSR count). The van der Waals surface area contributed by atoms with Crippen molar-refractivity contribution in [2.75, 3.05) is 6.54 Å². The number of hydrogen-bond donors (Lipinski definition) is 3. The van der Waals surface area contributed by atoms with Crippen molar-refractivity contribution in [2.45, 2.75) is 19.4 Å². The van der Waals surface area contributed by atoms with Gasteiger partial charge in [0.2, 0.25) is 5.56 Å². The second-order valence-corrected chi connectivity index (χ2v) is 4.41. The first-order valence-electron chi connectivity index (χ1n) is 6.28. The normalized spacial score (nSPS) is 12.3. The molecule has 0 spiro atoms. The molecule has 1 unspecified atom stereocenters. The molecule has 1 amide bonds. The van der Waals surface area contributed by atoms with Crippen LogP contribution >= 0.6 is 0 Å². The van der Waals surface area contributed by atoms with Crippen molar-refractivity contribution in [3.8, 4) is 0 Å². The van der Waals surface area contributed by atoms with Crippen molar-refractivity contribution in [3.63, 3.8) is 0 Å². The summed E-state index contributed by atoms with van der Waals surface area (Å²) in [5.41, 5.74) is 6.32. The lowest BCUT2D eigenvalue weighted by Crippen LogP contribution is -2.40. The average Bonchev–Trinajstić information content (AvgIpc) is 2.43. The van der Waals surface area contributed by atoms with Gasteiger partial charge in [-0.1, -0.05) is 25.1 Å². The molecule has 19 heavy (non-hydrogen) atoms. The van der Waals surface area contributed by atoms with E-state index >= 15 is 0 Å². The van der Waals surface area contributed by atoms with Gasteiger partial charge in [-0.25, -0.2) is 0 Å². The molecule has 0 aliphatic heterocycles. The summed E-state index contributed by atoms with van der Waals surface area (Å²) in [6, 6.07) is 8.47. The number of aromatic nitrogens is 1. The Bertz CT molecular complexity index is 644. The van der Waals surface area contributed by atoms with Gasteiger partial charge in [-0.3, -0.25) is 9.59 Å². The summed E-state index contributed by atoms with van der Waals surface area (Å²) in [7, 11) is 0. The molecule has 1 aromatic heterocycles. The summed E-state index contributed by atoms with van der Waals surface area (Å²) in [4.78, 5) is 26.5. The maximum absolute atomic E-state index is 12.2. The van der Waals surface area contributed by atoms with Gasteiger partial charge in [-0.2, -0.15) is 0 Å². The highest BCUT2D eigenvalue weighted by Gasteiger charge is 2.14. The summed E-state index contributed by atoms with van der Waals surface area (Å²) in [6.45, 7) is 2.33. The third kappa shape index (κ3) is 2.82. The van der Waals surface area contributed by atoms with Gasteiger partial charge in [0.05, 0.1) is 5.56 Å². The number of hydrogen-bond acceptors (Lipinski definition) is 3. The number of nitrogens with two attached hydrogens (primary N) is 1. The van der Waals surface area contributed by atoms with Crippen LogP contribution in [0, 0.1) is 0 Å². The zero-order valence-corrected chi connectivity index (χ0v) is 10.8. The van der Waals surface area contributed by atoms with Crippen LogP contribution in [0.1, 0.15) is 23.7 Å². The zero-order chi connectivity index (χ0) is 13.8. The van der Waals surface area contributed by atoms with Crippen molar-refractivity contribution < 1.29 is 4.79 Å². The highest BCUT2D eigenvalue weighted by molar-refractivity contribution is 6.06. The lowest BCUT2D eigenvalue weighted by atomic mass is 10.1. The Kier molecular flexibility index (Phi) is 3.97. The van der Waals surface area contributed by atoms with Crippen LogP contribution in [0.25, 0.3) is 10.9 Å². The molecule has 0 bridgehead atoms. The quantitative estimate of drug-likeness (QED) is 0.765. The van der Waals surface area contributed by atoms with Crippen LogP contribution in [-0.4, -0.2) is 23.5 Å². The average molecular weight is 259 g/mol. The number of fused-ring (bicyclic) bond motifs is 1. The molecule has 0 aliphatic rings. The number of pyridine rings is 1. The SMILES string of the molecule is CCC(CN)NC(=O)c1cc(=O)[nH]c2ccccc12. The third-order valence-corrected chi connectivity index (χ3v) is 3.11. The van der Waals surface area contributed by atoms with Gasteiger partial charge in [-0.05, 0) is 12.5 Å². The highest BCUT2D eigenvalue weighted by atomic mass is 16.2. The van der Waals surface area contributed by atoms with Crippen molar-refractivity contribution in [3.05, 3.63) is 46.2 Å². The number of amides is 1. The minimum Gasteiger partial charge on any atom is -0.348 e. The van der Waals surface area contributed by atoms with Gasteiger partial charge in [0.1, 0.15) is 0 Å². The van der Waals surface area contributed by atoms with Crippen molar-refractivity contribution in [1.82, 2.24) is 10.3 Å². The van der Waals surface area contributed by atoms with E-state index in [0.29, 0.717) is 17.6 Å². The fraction of sp³-hybridized carbons (Fsp3) is 0.286. The molecule has 0 saturated carbocycles. The van der Waals surface area contributed by atoms with Crippen LogP contribution in [0.5, 0.6) is 0 Å². The van der Waals surface area contributed by atoms with E-state index in [2.05, 4.69) is 10.3 Å². The van der Waals surface area contributed by atoms with Gasteiger partial charge < -0.3 is 16.0 Å². The first-order chi connectivity index (χ1) is 9.15. The molecule has 0 aliphatic carbocycles. The van der Waals surface area contributed by atoms with Crippen LogP contribution in [0.15, 0.2) is 35.1 Å². The molecule has 1 atom stereocenters. The fourth-order valence-corrected chi connectivity index (χ4v) is 1.98. The lowest BCUT2D eigenvalue weighted by Gasteiger charge is -2.15. The molecule has 1 heterocycles. The maximum atomic E-state index is 12.2. The van der Waals surface area contributed by atoms with Crippen LogP contribution in [-0.2, 0) is 0 Å². The van der Waals surface area contributed by atoms with Crippen LogP contribution < -0.4 is 16.6 Å². The van der Waals surface area contributed by atoms with Gasteiger partial charge in [0, 0.05) is 29.6 Å². The standard InChI is InChI=1S/C14H17N3O2/c1-2-9(8-15)16-14(19)11-7-13(18)17-12-6-4-3-5-10(11)12/h3-7,9H,2,8,15H2,1H3,(H,16,19)(H,17,18). The van der Waals surface area contributed by atoms with Crippen LogP contribution in [0.3, 0.4) is 0 Å². The molecule has 0 radical (unpaired) electrons. The second-order valence-electron chi connectivity index (χ2n) is 4.41. The molecular weight excluding hydrogens is 242 g/mol. The van der Waals surface area contributed by atoms with E-state index in [1.54, 1.807) is 6.07 Å². The van der Waals surface area contributed by atoms with Crippen LogP contribution in [0.2, 0.25) is 0 Å². The minimum absolute atomic E-state index is 0.0782. The smallest absolute Gasteiger partial charge is 0.252 e. The highest BCUT2D eigenvalue weighted by Crippen LogP contribution is 2.14. The molecule has 4 N–H and O–H groups in total. The molecule has 1 aromatic carbocycles. The van der Waals surface area contributed by atoms with Gasteiger partial charge in [-0.15, -0.1) is 0 Å². The van der Waals surface area contributed by atoms with E-state index in [9.17, 15) is 9.59 Å².